The molecule has 112 valence electrons. The number of carbonyl (C=O) groups excluding carboxylic acids is 1. The molecule has 0 radical (unpaired) electrons. The lowest BCUT2D eigenvalue weighted by molar-refractivity contribution is -0.00818. The van der Waals surface area contributed by atoms with Crippen LogP contribution in [0.4, 0.5) is 5.82 Å². The quantitative estimate of drug-likeness (QED) is 0.767. The summed E-state index contributed by atoms with van der Waals surface area (Å²) in [6.07, 6.45) is 1.01. The lowest BCUT2D eigenvalue weighted by Gasteiger charge is -2.24. The molecule has 0 aliphatic heterocycles. The zero-order valence-corrected chi connectivity index (χ0v) is 12.8. The third kappa shape index (κ3) is 5.57. The summed E-state index contributed by atoms with van der Waals surface area (Å²) in [5, 5.41) is 6.02. The zero-order chi connectivity index (χ0) is 15.0. The van der Waals surface area contributed by atoms with Gasteiger partial charge < -0.3 is 15.4 Å². The number of nitrogens with one attached hydrogen (secondary N) is 2. The van der Waals surface area contributed by atoms with Crippen LogP contribution >= 0.6 is 0 Å². The Hall–Kier alpha value is -1.62. The van der Waals surface area contributed by atoms with Crippen molar-refractivity contribution in [3.63, 3.8) is 0 Å². The Bertz CT molecular complexity index is 433. The summed E-state index contributed by atoms with van der Waals surface area (Å²) < 4.78 is 5.54. The molecule has 0 aliphatic carbocycles. The van der Waals surface area contributed by atoms with Gasteiger partial charge in [-0.3, -0.25) is 4.79 Å². The second kappa shape index (κ2) is 7.85. The number of amides is 1. The van der Waals surface area contributed by atoms with Crippen LogP contribution in [0.2, 0.25) is 0 Å². The molecule has 0 saturated heterocycles. The lowest BCUT2D eigenvalue weighted by Crippen LogP contribution is -2.40. The van der Waals surface area contributed by atoms with Crippen LogP contribution in [0.5, 0.6) is 0 Å². The number of rotatable bonds is 8. The number of pyridine rings is 1. The molecule has 5 heteroatoms. The fourth-order valence-electron chi connectivity index (χ4n) is 1.74. The van der Waals surface area contributed by atoms with Crippen molar-refractivity contribution in [2.75, 3.05) is 25.0 Å². The van der Waals surface area contributed by atoms with E-state index >= 15 is 0 Å². The van der Waals surface area contributed by atoms with Crippen LogP contribution in [0.15, 0.2) is 18.2 Å². The molecule has 0 atom stereocenters. The fourth-order valence-corrected chi connectivity index (χ4v) is 1.74. The van der Waals surface area contributed by atoms with Gasteiger partial charge in [-0.2, -0.15) is 0 Å². The fraction of sp³-hybridized carbons (Fsp3) is 0.600. The summed E-state index contributed by atoms with van der Waals surface area (Å²) in [6.45, 7) is 9.83. The molecule has 0 spiro atoms. The minimum Gasteiger partial charge on any atom is -0.374 e. The summed E-state index contributed by atoms with van der Waals surface area (Å²) in [5.41, 5.74) is 0.0426. The van der Waals surface area contributed by atoms with Crippen molar-refractivity contribution >= 4 is 11.7 Å². The monoisotopic (exact) mass is 279 g/mol. The standard InChI is InChI=1S/C15H25N3O2/c1-5-10-16-13-9-7-8-12(18-13)14(19)17-11-15(3,4)20-6-2/h7-9H,5-6,10-11H2,1-4H3,(H,16,18)(H,17,19). The maximum atomic E-state index is 12.1. The van der Waals surface area contributed by atoms with Crippen molar-refractivity contribution in [3.05, 3.63) is 23.9 Å². The molecule has 0 saturated carbocycles. The summed E-state index contributed by atoms with van der Waals surface area (Å²) in [7, 11) is 0. The lowest BCUT2D eigenvalue weighted by atomic mass is 10.1. The third-order valence-corrected chi connectivity index (χ3v) is 2.75. The first-order valence-corrected chi connectivity index (χ1v) is 7.11. The molecule has 1 rings (SSSR count). The second-order valence-electron chi connectivity index (χ2n) is 5.21. The Morgan fingerprint density at radius 2 is 2.10 bits per heavy atom. The first-order chi connectivity index (χ1) is 9.48. The van der Waals surface area contributed by atoms with Crippen molar-refractivity contribution < 1.29 is 9.53 Å². The minimum absolute atomic E-state index is 0.182. The molecule has 1 amide bonds. The van der Waals surface area contributed by atoms with Gasteiger partial charge in [0.05, 0.1) is 5.60 Å². The molecule has 1 heterocycles. The van der Waals surface area contributed by atoms with Crippen molar-refractivity contribution in [1.29, 1.82) is 0 Å². The van der Waals surface area contributed by atoms with E-state index < -0.39 is 0 Å². The predicted octanol–water partition coefficient (Wildman–Crippen LogP) is 2.45. The third-order valence-electron chi connectivity index (χ3n) is 2.75. The Morgan fingerprint density at radius 1 is 1.35 bits per heavy atom. The van der Waals surface area contributed by atoms with Crippen LogP contribution in [0.1, 0.15) is 44.6 Å². The molecule has 1 aromatic rings. The molecule has 0 aromatic carbocycles. The molecular weight excluding hydrogens is 254 g/mol. The SMILES string of the molecule is CCCNc1cccc(C(=O)NCC(C)(C)OCC)n1. The Morgan fingerprint density at radius 3 is 2.75 bits per heavy atom. The van der Waals surface area contributed by atoms with E-state index in [0.29, 0.717) is 18.8 Å². The first kappa shape index (κ1) is 16.4. The van der Waals surface area contributed by atoms with Gasteiger partial charge in [0, 0.05) is 19.7 Å². The molecule has 0 fully saturated rings. The number of hydrogen-bond donors (Lipinski definition) is 2. The van der Waals surface area contributed by atoms with Crippen LogP contribution < -0.4 is 10.6 Å². The number of anilines is 1. The molecule has 0 unspecified atom stereocenters. The van der Waals surface area contributed by atoms with E-state index in [2.05, 4.69) is 22.5 Å². The van der Waals surface area contributed by atoms with E-state index in [4.69, 9.17) is 4.74 Å². The largest absolute Gasteiger partial charge is 0.374 e. The second-order valence-corrected chi connectivity index (χ2v) is 5.21. The first-order valence-electron chi connectivity index (χ1n) is 7.11. The van der Waals surface area contributed by atoms with E-state index in [0.717, 1.165) is 18.8 Å². The van der Waals surface area contributed by atoms with Gasteiger partial charge in [-0.15, -0.1) is 0 Å². The molecule has 5 nitrogen and oxygen atoms in total. The van der Waals surface area contributed by atoms with Gasteiger partial charge in [-0.05, 0) is 39.3 Å². The highest BCUT2D eigenvalue weighted by molar-refractivity contribution is 5.92. The van der Waals surface area contributed by atoms with Crippen molar-refractivity contribution in [2.24, 2.45) is 0 Å². The van der Waals surface area contributed by atoms with Crippen molar-refractivity contribution in [2.45, 2.75) is 39.7 Å². The van der Waals surface area contributed by atoms with E-state index in [9.17, 15) is 4.79 Å². The van der Waals surface area contributed by atoms with Crippen LogP contribution in [-0.4, -0.2) is 36.2 Å². The molecule has 2 N–H and O–H groups in total. The van der Waals surface area contributed by atoms with Crippen molar-refractivity contribution in [3.8, 4) is 0 Å². The Kier molecular flexibility index (Phi) is 6.45. The number of aromatic nitrogens is 1. The normalized spacial score (nSPS) is 11.2. The summed E-state index contributed by atoms with van der Waals surface area (Å²) in [6, 6.07) is 5.39. The maximum absolute atomic E-state index is 12.1. The Labute approximate surface area is 121 Å². The Balaban J connectivity index is 2.59. The van der Waals surface area contributed by atoms with E-state index in [1.165, 1.54) is 0 Å². The highest BCUT2D eigenvalue weighted by atomic mass is 16.5. The molecule has 0 aliphatic rings. The van der Waals surface area contributed by atoms with Crippen LogP contribution in [0.25, 0.3) is 0 Å². The van der Waals surface area contributed by atoms with E-state index in [-0.39, 0.29) is 11.5 Å². The van der Waals surface area contributed by atoms with Gasteiger partial charge in [0.2, 0.25) is 0 Å². The zero-order valence-electron chi connectivity index (χ0n) is 12.8. The highest BCUT2D eigenvalue weighted by Crippen LogP contribution is 2.08. The number of carbonyl (C=O) groups is 1. The van der Waals surface area contributed by atoms with Crippen LogP contribution in [-0.2, 0) is 4.74 Å². The van der Waals surface area contributed by atoms with Crippen LogP contribution in [0, 0.1) is 0 Å². The summed E-state index contributed by atoms with van der Waals surface area (Å²) in [5.74, 6) is 0.543. The van der Waals surface area contributed by atoms with E-state index in [1.54, 1.807) is 6.07 Å². The smallest absolute Gasteiger partial charge is 0.270 e. The average Bonchev–Trinajstić information content (AvgIpc) is 2.43. The minimum atomic E-state index is -0.373. The van der Waals surface area contributed by atoms with Gasteiger partial charge in [0.15, 0.2) is 0 Å². The number of nitrogens with zero attached hydrogens (tertiary/aromatic N) is 1. The molecular formula is C15H25N3O2. The topological polar surface area (TPSA) is 63.2 Å². The summed E-state index contributed by atoms with van der Waals surface area (Å²) >= 11 is 0. The molecule has 1 aromatic heterocycles. The van der Waals surface area contributed by atoms with Gasteiger partial charge in [-0.1, -0.05) is 13.0 Å². The maximum Gasteiger partial charge on any atom is 0.270 e. The molecule has 20 heavy (non-hydrogen) atoms. The van der Waals surface area contributed by atoms with Gasteiger partial charge in [-0.25, -0.2) is 4.98 Å². The van der Waals surface area contributed by atoms with Crippen LogP contribution in [0.3, 0.4) is 0 Å². The average molecular weight is 279 g/mol. The van der Waals surface area contributed by atoms with Gasteiger partial charge in [0.1, 0.15) is 11.5 Å². The van der Waals surface area contributed by atoms with Gasteiger partial charge >= 0.3 is 0 Å². The molecule has 0 bridgehead atoms. The number of ether oxygens (including phenoxy) is 1. The van der Waals surface area contributed by atoms with Gasteiger partial charge in [0.25, 0.3) is 5.91 Å². The van der Waals surface area contributed by atoms with E-state index in [1.807, 2.05) is 32.9 Å². The highest BCUT2D eigenvalue weighted by Gasteiger charge is 2.19. The predicted molar refractivity (Wildman–Crippen MR) is 81.1 cm³/mol. The summed E-state index contributed by atoms with van der Waals surface area (Å²) in [4.78, 5) is 16.4. The van der Waals surface area contributed by atoms with Crippen molar-refractivity contribution in [1.82, 2.24) is 10.3 Å². The number of hydrogen-bond acceptors (Lipinski definition) is 4.